The van der Waals surface area contributed by atoms with Crippen molar-refractivity contribution in [2.24, 2.45) is 5.92 Å². The lowest BCUT2D eigenvalue weighted by atomic mass is 10.1. The maximum absolute atomic E-state index is 13.1. The largest absolute Gasteiger partial charge is 0.351 e. The number of thioether (sulfide) groups is 1. The number of carbonyl (C=O) groups is 1. The SMILES string of the molecule is Cc1cc(CNC(=O)CSCC2CNC2)ccc1F. The number of carbonyl (C=O) groups excluding carboxylic acids is 1. The minimum absolute atomic E-state index is 0.0410. The Kier molecular flexibility index (Phi) is 5.22. The van der Waals surface area contributed by atoms with Crippen LogP contribution in [0.25, 0.3) is 0 Å². The molecule has 1 fully saturated rings. The van der Waals surface area contributed by atoms with Crippen LogP contribution < -0.4 is 10.6 Å². The normalized spacial score (nSPS) is 15.1. The molecule has 0 aromatic heterocycles. The third kappa shape index (κ3) is 4.51. The monoisotopic (exact) mass is 282 g/mol. The standard InChI is InChI=1S/C14H19FN2OS/c1-10-4-11(2-3-13(10)15)7-17-14(18)9-19-8-12-5-16-6-12/h2-4,12,16H,5-9H2,1H3,(H,17,18). The van der Waals surface area contributed by atoms with Gasteiger partial charge >= 0.3 is 0 Å². The highest BCUT2D eigenvalue weighted by Gasteiger charge is 2.16. The summed E-state index contributed by atoms with van der Waals surface area (Å²) in [4.78, 5) is 11.6. The summed E-state index contributed by atoms with van der Waals surface area (Å²) in [6.45, 7) is 4.33. The van der Waals surface area contributed by atoms with Gasteiger partial charge in [0.05, 0.1) is 5.75 Å². The van der Waals surface area contributed by atoms with Crippen molar-refractivity contribution in [3.8, 4) is 0 Å². The highest BCUT2D eigenvalue weighted by molar-refractivity contribution is 7.99. The van der Waals surface area contributed by atoms with E-state index in [1.54, 1.807) is 30.8 Å². The van der Waals surface area contributed by atoms with E-state index in [0.29, 0.717) is 17.9 Å². The number of nitrogens with one attached hydrogen (secondary N) is 2. The van der Waals surface area contributed by atoms with Gasteiger partial charge in [-0.1, -0.05) is 12.1 Å². The summed E-state index contributed by atoms with van der Waals surface area (Å²) in [5.41, 5.74) is 1.54. The van der Waals surface area contributed by atoms with E-state index in [-0.39, 0.29) is 11.7 Å². The van der Waals surface area contributed by atoms with Gasteiger partial charge in [-0.15, -0.1) is 0 Å². The molecule has 2 N–H and O–H groups in total. The number of hydrogen-bond donors (Lipinski definition) is 2. The average Bonchev–Trinajstić information content (AvgIpc) is 2.34. The summed E-state index contributed by atoms with van der Waals surface area (Å²) in [7, 11) is 0. The molecular weight excluding hydrogens is 263 g/mol. The summed E-state index contributed by atoms with van der Waals surface area (Å²) < 4.78 is 13.1. The summed E-state index contributed by atoms with van der Waals surface area (Å²) in [6, 6.07) is 4.91. The summed E-state index contributed by atoms with van der Waals surface area (Å²) in [6.07, 6.45) is 0. The van der Waals surface area contributed by atoms with E-state index in [4.69, 9.17) is 0 Å². The molecule has 0 saturated carbocycles. The molecule has 1 amide bonds. The van der Waals surface area contributed by atoms with Crippen molar-refractivity contribution >= 4 is 17.7 Å². The Labute approximate surface area is 117 Å². The van der Waals surface area contributed by atoms with Crippen LogP contribution in [0.5, 0.6) is 0 Å². The topological polar surface area (TPSA) is 41.1 Å². The van der Waals surface area contributed by atoms with Gasteiger partial charge in [-0.3, -0.25) is 4.79 Å². The molecule has 1 aliphatic rings. The molecular formula is C14H19FN2OS. The number of amides is 1. The lowest BCUT2D eigenvalue weighted by Crippen LogP contribution is -2.43. The van der Waals surface area contributed by atoms with Crippen LogP contribution >= 0.6 is 11.8 Å². The fourth-order valence-electron chi connectivity index (χ4n) is 1.85. The van der Waals surface area contributed by atoms with Gasteiger partial charge in [0.25, 0.3) is 0 Å². The van der Waals surface area contributed by atoms with Crippen LogP contribution in [0.15, 0.2) is 18.2 Å². The number of rotatable bonds is 6. The van der Waals surface area contributed by atoms with E-state index in [1.807, 2.05) is 0 Å². The molecule has 0 aliphatic carbocycles. The highest BCUT2D eigenvalue weighted by Crippen LogP contribution is 2.12. The zero-order chi connectivity index (χ0) is 13.7. The molecule has 0 unspecified atom stereocenters. The number of benzene rings is 1. The minimum atomic E-state index is -0.209. The lowest BCUT2D eigenvalue weighted by Gasteiger charge is -2.26. The van der Waals surface area contributed by atoms with Crippen LogP contribution in [0, 0.1) is 18.7 Å². The van der Waals surface area contributed by atoms with Crippen molar-refractivity contribution in [1.82, 2.24) is 10.6 Å². The molecule has 1 aromatic carbocycles. The Morgan fingerprint density at radius 2 is 2.32 bits per heavy atom. The Bertz CT molecular complexity index is 449. The smallest absolute Gasteiger partial charge is 0.230 e. The molecule has 1 saturated heterocycles. The Morgan fingerprint density at radius 3 is 2.95 bits per heavy atom. The first-order chi connectivity index (χ1) is 9.15. The second kappa shape index (κ2) is 6.91. The molecule has 1 heterocycles. The zero-order valence-electron chi connectivity index (χ0n) is 11.0. The molecule has 104 valence electrons. The highest BCUT2D eigenvalue weighted by atomic mass is 32.2. The molecule has 1 aromatic rings. The van der Waals surface area contributed by atoms with Gasteiger partial charge in [0.2, 0.25) is 5.91 Å². The predicted molar refractivity (Wildman–Crippen MR) is 76.7 cm³/mol. The quantitative estimate of drug-likeness (QED) is 0.834. The van der Waals surface area contributed by atoms with Gasteiger partial charge in [-0.25, -0.2) is 4.39 Å². The van der Waals surface area contributed by atoms with Crippen LogP contribution in [0.3, 0.4) is 0 Å². The van der Waals surface area contributed by atoms with Crippen LogP contribution in [0.2, 0.25) is 0 Å². The van der Waals surface area contributed by atoms with Crippen LogP contribution in [0.4, 0.5) is 4.39 Å². The van der Waals surface area contributed by atoms with Gasteiger partial charge in [0.1, 0.15) is 5.82 Å². The molecule has 5 heteroatoms. The van der Waals surface area contributed by atoms with Gasteiger partial charge < -0.3 is 10.6 Å². The maximum atomic E-state index is 13.1. The fraction of sp³-hybridized carbons (Fsp3) is 0.500. The first-order valence-electron chi connectivity index (χ1n) is 6.45. The van der Waals surface area contributed by atoms with Crippen molar-refractivity contribution in [3.05, 3.63) is 35.1 Å². The predicted octanol–water partition coefficient (Wildman–Crippen LogP) is 1.70. The van der Waals surface area contributed by atoms with Crippen LogP contribution in [-0.4, -0.2) is 30.5 Å². The Balaban J connectivity index is 1.65. The molecule has 0 radical (unpaired) electrons. The van der Waals surface area contributed by atoms with Gasteiger partial charge in [0, 0.05) is 6.54 Å². The van der Waals surface area contributed by atoms with E-state index in [9.17, 15) is 9.18 Å². The molecule has 19 heavy (non-hydrogen) atoms. The van der Waals surface area contributed by atoms with E-state index in [0.717, 1.165) is 30.3 Å². The van der Waals surface area contributed by atoms with E-state index >= 15 is 0 Å². The van der Waals surface area contributed by atoms with Crippen molar-refractivity contribution in [2.45, 2.75) is 13.5 Å². The maximum Gasteiger partial charge on any atom is 0.230 e. The zero-order valence-corrected chi connectivity index (χ0v) is 11.9. The summed E-state index contributed by atoms with van der Waals surface area (Å²) in [5.74, 6) is 2.09. The van der Waals surface area contributed by atoms with Gasteiger partial charge in [-0.2, -0.15) is 11.8 Å². The number of hydrogen-bond acceptors (Lipinski definition) is 3. The van der Waals surface area contributed by atoms with E-state index in [2.05, 4.69) is 10.6 Å². The van der Waals surface area contributed by atoms with Crippen molar-refractivity contribution < 1.29 is 9.18 Å². The van der Waals surface area contributed by atoms with Gasteiger partial charge in [-0.05, 0) is 48.9 Å². The van der Waals surface area contributed by atoms with Gasteiger partial charge in [0.15, 0.2) is 0 Å². The molecule has 3 nitrogen and oxygen atoms in total. The molecule has 0 atom stereocenters. The van der Waals surface area contributed by atoms with Crippen molar-refractivity contribution in [2.75, 3.05) is 24.6 Å². The first-order valence-corrected chi connectivity index (χ1v) is 7.61. The summed E-state index contributed by atoms with van der Waals surface area (Å²) in [5, 5.41) is 6.07. The lowest BCUT2D eigenvalue weighted by molar-refractivity contribution is -0.118. The number of halogens is 1. The van der Waals surface area contributed by atoms with Crippen molar-refractivity contribution in [3.63, 3.8) is 0 Å². The minimum Gasteiger partial charge on any atom is -0.351 e. The van der Waals surface area contributed by atoms with Crippen LogP contribution in [-0.2, 0) is 11.3 Å². The second-order valence-electron chi connectivity index (χ2n) is 4.90. The second-order valence-corrected chi connectivity index (χ2v) is 5.93. The average molecular weight is 282 g/mol. The Morgan fingerprint density at radius 1 is 1.53 bits per heavy atom. The summed E-state index contributed by atoms with van der Waals surface area (Å²) >= 11 is 1.67. The third-order valence-corrected chi connectivity index (χ3v) is 4.34. The van der Waals surface area contributed by atoms with Crippen molar-refractivity contribution in [1.29, 1.82) is 0 Å². The molecule has 0 spiro atoms. The molecule has 2 rings (SSSR count). The van der Waals surface area contributed by atoms with E-state index < -0.39 is 0 Å². The number of aryl methyl sites for hydroxylation is 1. The molecule has 0 bridgehead atoms. The van der Waals surface area contributed by atoms with Crippen LogP contribution in [0.1, 0.15) is 11.1 Å². The van der Waals surface area contributed by atoms with E-state index in [1.165, 1.54) is 6.07 Å². The third-order valence-electron chi connectivity index (χ3n) is 3.16. The Hall–Kier alpha value is -1.07. The molecule has 1 aliphatic heterocycles. The fourth-order valence-corrected chi connectivity index (χ4v) is 2.83. The first kappa shape index (κ1) is 14.3.